The maximum absolute atomic E-state index is 11.8. The zero-order chi connectivity index (χ0) is 11.5. The van der Waals surface area contributed by atoms with Crippen molar-refractivity contribution in [2.24, 2.45) is 5.73 Å². The number of halogens is 3. The number of alkyl halides is 3. The fraction of sp³-hybridized carbons (Fsp3) is 0.875. The van der Waals surface area contributed by atoms with Crippen molar-refractivity contribution in [2.75, 3.05) is 19.6 Å². The number of urea groups is 1. The van der Waals surface area contributed by atoms with Gasteiger partial charge in [0.2, 0.25) is 0 Å². The number of piperidine rings is 1. The molecule has 1 atom stereocenters. The van der Waals surface area contributed by atoms with E-state index in [1.54, 1.807) is 0 Å². The lowest BCUT2D eigenvalue weighted by atomic mass is 10.1. The van der Waals surface area contributed by atoms with E-state index in [-0.39, 0.29) is 6.04 Å². The van der Waals surface area contributed by atoms with Crippen molar-refractivity contribution in [3.63, 3.8) is 0 Å². The van der Waals surface area contributed by atoms with E-state index in [4.69, 9.17) is 5.73 Å². The number of nitrogens with zero attached hydrogens (tertiary/aromatic N) is 1. The predicted molar refractivity (Wildman–Crippen MR) is 48.2 cm³/mol. The first-order chi connectivity index (χ1) is 6.88. The summed E-state index contributed by atoms with van der Waals surface area (Å²) in [4.78, 5) is 12.6. The van der Waals surface area contributed by atoms with E-state index in [0.717, 1.165) is 12.8 Å². The molecule has 0 radical (unpaired) electrons. The molecule has 0 aliphatic carbocycles. The number of nitrogens with one attached hydrogen (secondary N) is 1. The van der Waals surface area contributed by atoms with Gasteiger partial charge in [-0.15, -0.1) is 0 Å². The summed E-state index contributed by atoms with van der Waals surface area (Å²) >= 11 is 0. The van der Waals surface area contributed by atoms with Gasteiger partial charge in [0, 0.05) is 19.1 Å². The van der Waals surface area contributed by atoms with Gasteiger partial charge in [-0.2, -0.15) is 13.2 Å². The molecule has 4 nitrogen and oxygen atoms in total. The van der Waals surface area contributed by atoms with E-state index in [9.17, 15) is 18.0 Å². The molecule has 1 saturated heterocycles. The largest absolute Gasteiger partial charge is 0.405 e. The summed E-state index contributed by atoms with van der Waals surface area (Å²) in [6.45, 7) is -0.501. The molecule has 15 heavy (non-hydrogen) atoms. The van der Waals surface area contributed by atoms with E-state index >= 15 is 0 Å². The van der Waals surface area contributed by atoms with Crippen molar-refractivity contribution in [2.45, 2.75) is 25.1 Å². The van der Waals surface area contributed by atoms with Crippen LogP contribution >= 0.6 is 0 Å². The molecule has 1 rings (SSSR count). The van der Waals surface area contributed by atoms with E-state index in [1.807, 2.05) is 5.32 Å². The van der Waals surface area contributed by atoms with Crippen LogP contribution in [0.4, 0.5) is 18.0 Å². The maximum atomic E-state index is 11.8. The zero-order valence-corrected chi connectivity index (χ0v) is 8.18. The normalized spacial score (nSPS) is 22.7. The summed E-state index contributed by atoms with van der Waals surface area (Å²) in [6.07, 6.45) is -2.82. The number of rotatable bonds is 1. The molecule has 0 aromatic heterocycles. The third-order valence-corrected chi connectivity index (χ3v) is 2.19. The third kappa shape index (κ3) is 4.37. The Hall–Kier alpha value is -0.980. The molecule has 0 aromatic rings. The minimum atomic E-state index is -4.37. The van der Waals surface area contributed by atoms with Crippen LogP contribution in [0.15, 0.2) is 0 Å². The fourth-order valence-corrected chi connectivity index (χ4v) is 1.48. The molecule has 1 fully saturated rings. The summed E-state index contributed by atoms with van der Waals surface area (Å²) in [5, 5.41) is 1.82. The van der Waals surface area contributed by atoms with Crippen LogP contribution in [-0.4, -0.2) is 42.8 Å². The van der Waals surface area contributed by atoms with Crippen LogP contribution in [0.3, 0.4) is 0 Å². The van der Waals surface area contributed by atoms with Crippen LogP contribution in [-0.2, 0) is 0 Å². The monoisotopic (exact) mass is 225 g/mol. The van der Waals surface area contributed by atoms with Gasteiger partial charge in [-0.05, 0) is 12.8 Å². The van der Waals surface area contributed by atoms with Crippen molar-refractivity contribution < 1.29 is 18.0 Å². The second-order valence-corrected chi connectivity index (χ2v) is 3.62. The zero-order valence-electron chi connectivity index (χ0n) is 8.18. The van der Waals surface area contributed by atoms with Crippen molar-refractivity contribution in [3.05, 3.63) is 0 Å². The number of hydrogen-bond donors (Lipinski definition) is 2. The van der Waals surface area contributed by atoms with Crippen molar-refractivity contribution in [1.29, 1.82) is 0 Å². The molecule has 1 aliphatic rings. The lowest BCUT2D eigenvalue weighted by Gasteiger charge is -2.30. The minimum Gasteiger partial charge on any atom is -0.329 e. The molecule has 0 unspecified atom stereocenters. The smallest absolute Gasteiger partial charge is 0.329 e. The van der Waals surface area contributed by atoms with Crippen LogP contribution in [0.1, 0.15) is 12.8 Å². The van der Waals surface area contributed by atoms with Crippen LogP contribution in [0.25, 0.3) is 0 Å². The van der Waals surface area contributed by atoms with E-state index in [0.29, 0.717) is 13.1 Å². The Balaban J connectivity index is 2.33. The average Bonchev–Trinajstić information content (AvgIpc) is 2.13. The van der Waals surface area contributed by atoms with Gasteiger partial charge >= 0.3 is 12.2 Å². The highest BCUT2D eigenvalue weighted by atomic mass is 19.4. The number of carbonyl (C=O) groups excluding carboxylic acids is 1. The Morgan fingerprint density at radius 2 is 2.20 bits per heavy atom. The first kappa shape index (κ1) is 12.1. The quantitative estimate of drug-likeness (QED) is 0.689. The molecule has 1 aliphatic heterocycles. The number of likely N-dealkylation sites (tertiary alicyclic amines) is 1. The van der Waals surface area contributed by atoms with Gasteiger partial charge in [0.15, 0.2) is 0 Å². The van der Waals surface area contributed by atoms with E-state index < -0.39 is 18.8 Å². The topological polar surface area (TPSA) is 58.4 Å². The number of amides is 2. The first-order valence-corrected chi connectivity index (χ1v) is 4.73. The van der Waals surface area contributed by atoms with Gasteiger partial charge in [-0.1, -0.05) is 0 Å². The summed E-state index contributed by atoms with van der Waals surface area (Å²) in [7, 11) is 0. The second kappa shape index (κ2) is 4.69. The third-order valence-electron chi connectivity index (χ3n) is 2.19. The van der Waals surface area contributed by atoms with E-state index in [1.165, 1.54) is 4.90 Å². The summed E-state index contributed by atoms with van der Waals surface area (Å²) in [5.41, 5.74) is 5.60. The Morgan fingerprint density at radius 3 is 2.73 bits per heavy atom. The van der Waals surface area contributed by atoms with Gasteiger partial charge < -0.3 is 16.0 Å². The summed E-state index contributed by atoms with van der Waals surface area (Å²) in [6, 6.07) is -0.821. The summed E-state index contributed by atoms with van der Waals surface area (Å²) < 4.78 is 35.4. The van der Waals surface area contributed by atoms with E-state index in [2.05, 4.69) is 0 Å². The molecule has 0 spiro atoms. The number of carbonyl (C=O) groups is 1. The number of nitrogens with two attached hydrogens (primary N) is 1. The van der Waals surface area contributed by atoms with Gasteiger partial charge in [0.25, 0.3) is 0 Å². The molecule has 0 bridgehead atoms. The molecule has 0 aromatic carbocycles. The number of hydrogen-bond acceptors (Lipinski definition) is 2. The van der Waals surface area contributed by atoms with Crippen LogP contribution < -0.4 is 11.1 Å². The lowest BCUT2D eigenvalue weighted by molar-refractivity contribution is -0.123. The van der Waals surface area contributed by atoms with Crippen LogP contribution in [0, 0.1) is 0 Å². The Labute approximate surface area is 85.6 Å². The summed E-state index contributed by atoms with van der Waals surface area (Å²) in [5.74, 6) is 0. The Kier molecular flexibility index (Phi) is 3.78. The highest BCUT2D eigenvalue weighted by Crippen LogP contribution is 2.13. The maximum Gasteiger partial charge on any atom is 0.405 e. The van der Waals surface area contributed by atoms with Crippen molar-refractivity contribution in [3.8, 4) is 0 Å². The standard InChI is InChI=1S/C8H14F3N3O/c9-8(10,11)5-13-7(15)14-3-1-2-6(12)4-14/h6H,1-5,12H2,(H,13,15)/t6-/m1/s1. The molecule has 1 heterocycles. The molecular formula is C8H14F3N3O. The van der Waals surface area contributed by atoms with Crippen molar-refractivity contribution >= 4 is 6.03 Å². The highest BCUT2D eigenvalue weighted by Gasteiger charge is 2.29. The predicted octanol–water partition coefficient (Wildman–Crippen LogP) is 0.681. The fourth-order valence-electron chi connectivity index (χ4n) is 1.48. The SMILES string of the molecule is N[C@@H]1CCCN(C(=O)NCC(F)(F)F)C1. The molecule has 3 N–H and O–H groups in total. The molecular weight excluding hydrogens is 211 g/mol. The molecule has 88 valence electrons. The van der Waals surface area contributed by atoms with Crippen LogP contribution in [0.5, 0.6) is 0 Å². The Morgan fingerprint density at radius 1 is 1.53 bits per heavy atom. The van der Waals surface area contributed by atoms with Gasteiger partial charge in [-0.25, -0.2) is 4.79 Å². The van der Waals surface area contributed by atoms with Crippen molar-refractivity contribution in [1.82, 2.24) is 10.2 Å². The highest BCUT2D eigenvalue weighted by molar-refractivity contribution is 5.74. The van der Waals surface area contributed by atoms with Crippen LogP contribution in [0.2, 0.25) is 0 Å². The average molecular weight is 225 g/mol. The first-order valence-electron chi connectivity index (χ1n) is 4.73. The Bertz CT molecular complexity index is 232. The molecule has 7 heteroatoms. The lowest BCUT2D eigenvalue weighted by Crippen LogP contribution is -2.50. The second-order valence-electron chi connectivity index (χ2n) is 3.62. The molecule has 0 saturated carbocycles. The van der Waals surface area contributed by atoms with Gasteiger partial charge in [-0.3, -0.25) is 0 Å². The van der Waals surface area contributed by atoms with Gasteiger partial charge in [0.1, 0.15) is 6.54 Å². The molecule has 2 amide bonds. The van der Waals surface area contributed by atoms with Gasteiger partial charge in [0.05, 0.1) is 0 Å². The minimum absolute atomic E-state index is 0.129.